The van der Waals surface area contributed by atoms with Gasteiger partial charge < -0.3 is 5.11 Å². The first-order chi connectivity index (χ1) is 13.6. The highest BCUT2D eigenvalue weighted by molar-refractivity contribution is 7.71. The molecule has 0 bridgehead atoms. The number of aliphatic hydroxyl groups is 1. The molecule has 28 heavy (non-hydrogen) atoms. The number of β-amino-alcohol motifs (C(OH)–C–C–N with tert-alkyl or cyclic N) is 1. The van der Waals surface area contributed by atoms with Crippen molar-refractivity contribution in [1.29, 1.82) is 0 Å². The average Bonchev–Trinajstić information content (AvgIpc) is 2.97. The Hall–Kier alpha value is -2.28. The second-order valence-electron chi connectivity index (χ2n) is 7.55. The summed E-state index contributed by atoms with van der Waals surface area (Å²) < 4.78 is 4.67. The van der Waals surface area contributed by atoms with Crippen LogP contribution in [0.4, 0.5) is 0 Å². The summed E-state index contributed by atoms with van der Waals surface area (Å²) in [5, 5.41) is 14.9. The van der Waals surface area contributed by atoms with Crippen molar-refractivity contribution in [2.75, 3.05) is 13.1 Å². The van der Waals surface area contributed by atoms with Gasteiger partial charge in [0.25, 0.3) is 0 Å². The molecule has 2 heterocycles. The summed E-state index contributed by atoms with van der Waals surface area (Å²) in [6.07, 6.45) is 2.34. The van der Waals surface area contributed by atoms with Crippen molar-refractivity contribution in [3.63, 3.8) is 0 Å². The van der Waals surface area contributed by atoms with Gasteiger partial charge in [0.05, 0.1) is 12.8 Å². The number of aliphatic hydroxyl groups excluding tert-OH is 1. The zero-order chi connectivity index (χ0) is 19.5. The van der Waals surface area contributed by atoms with Crippen molar-refractivity contribution in [2.45, 2.75) is 39.0 Å². The monoisotopic (exact) mass is 394 g/mol. The van der Waals surface area contributed by atoms with E-state index in [2.05, 4.69) is 52.8 Å². The molecule has 1 aromatic heterocycles. The molecule has 1 aliphatic heterocycles. The molecule has 2 aromatic carbocycles. The standard InChI is InChI=1S/C22H26N4OS/c1-17-7-5-10-19(13-17)26-21(14-18-8-3-2-4-9-18)23-25(22(26)28)16-24-12-6-11-20(27)15-24/h2-5,7-10,13,20,27H,6,11-12,14-16H2,1H3/t20-/m1/s1. The lowest BCUT2D eigenvalue weighted by Gasteiger charge is -2.29. The predicted molar refractivity (Wildman–Crippen MR) is 113 cm³/mol. The van der Waals surface area contributed by atoms with Crippen molar-refractivity contribution in [1.82, 2.24) is 19.2 Å². The maximum atomic E-state index is 9.99. The number of hydrogen-bond donors (Lipinski definition) is 1. The van der Waals surface area contributed by atoms with Gasteiger partial charge in [0.1, 0.15) is 5.82 Å². The van der Waals surface area contributed by atoms with Gasteiger partial charge in [-0.2, -0.15) is 5.10 Å². The first kappa shape index (κ1) is 19.1. The van der Waals surface area contributed by atoms with E-state index in [1.54, 1.807) is 0 Å². The van der Waals surface area contributed by atoms with Crippen LogP contribution >= 0.6 is 12.2 Å². The van der Waals surface area contributed by atoms with Crippen LogP contribution in [0.15, 0.2) is 54.6 Å². The van der Waals surface area contributed by atoms with Gasteiger partial charge in [-0.05, 0) is 55.2 Å². The molecule has 0 saturated carbocycles. The van der Waals surface area contributed by atoms with Gasteiger partial charge in [-0.1, -0.05) is 42.5 Å². The third kappa shape index (κ3) is 4.24. The maximum Gasteiger partial charge on any atom is 0.203 e. The Morgan fingerprint density at radius 3 is 2.71 bits per heavy atom. The summed E-state index contributed by atoms with van der Waals surface area (Å²) in [5.41, 5.74) is 3.44. The lowest BCUT2D eigenvalue weighted by molar-refractivity contribution is 0.0512. The van der Waals surface area contributed by atoms with Crippen molar-refractivity contribution in [3.05, 3.63) is 76.3 Å². The Morgan fingerprint density at radius 2 is 1.96 bits per heavy atom. The maximum absolute atomic E-state index is 9.99. The zero-order valence-corrected chi connectivity index (χ0v) is 17.0. The molecule has 0 unspecified atom stereocenters. The summed E-state index contributed by atoms with van der Waals surface area (Å²) >= 11 is 5.83. The summed E-state index contributed by atoms with van der Waals surface area (Å²) in [6, 6.07) is 18.7. The van der Waals surface area contributed by atoms with Gasteiger partial charge in [-0.15, -0.1) is 0 Å². The molecule has 0 aliphatic carbocycles. The van der Waals surface area contributed by atoms with Crippen LogP contribution in [0.25, 0.3) is 5.69 Å². The minimum atomic E-state index is -0.259. The molecular weight excluding hydrogens is 368 g/mol. The van der Waals surface area contributed by atoms with E-state index in [1.165, 1.54) is 11.1 Å². The second kappa shape index (κ2) is 8.39. The molecule has 0 spiro atoms. The van der Waals surface area contributed by atoms with Gasteiger partial charge in [-0.3, -0.25) is 9.47 Å². The van der Waals surface area contributed by atoms with E-state index >= 15 is 0 Å². The first-order valence-electron chi connectivity index (χ1n) is 9.80. The molecule has 0 radical (unpaired) electrons. The third-order valence-corrected chi connectivity index (χ3v) is 5.58. The highest BCUT2D eigenvalue weighted by Crippen LogP contribution is 2.18. The van der Waals surface area contributed by atoms with E-state index in [1.807, 2.05) is 22.9 Å². The Balaban J connectivity index is 1.71. The lowest BCUT2D eigenvalue weighted by Crippen LogP contribution is -2.39. The second-order valence-corrected chi connectivity index (χ2v) is 7.91. The third-order valence-electron chi connectivity index (χ3n) is 5.19. The molecule has 1 fully saturated rings. The van der Waals surface area contributed by atoms with Crippen molar-refractivity contribution in [3.8, 4) is 5.69 Å². The highest BCUT2D eigenvalue weighted by atomic mass is 32.1. The number of aryl methyl sites for hydroxylation is 1. The molecular formula is C22H26N4OS. The topological polar surface area (TPSA) is 46.2 Å². The van der Waals surface area contributed by atoms with Crippen LogP contribution in [0.5, 0.6) is 0 Å². The molecule has 146 valence electrons. The normalized spacial score (nSPS) is 17.7. The number of piperidine rings is 1. The number of hydrogen-bond acceptors (Lipinski definition) is 4. The summed E-state index contributed by atoms with van der Waals surface area (Å²) in [7, 11) is 0. The van der Waals surface area contributed by atoms with Gasteiger partial charge in [-0.25, -0.2) is 4.68 Å². The fourth-order valence-electron chi connectivity index (χ4n) is 3.81. The van der Waals surface area contributed by atoms with E-state index in [0.717, 1.165) is 30.9 Å². The number of rotatable bonds is 5. The Bertz CT molecular complexity index is 995. The lowest BCUT2D eigenvalue weighted by atomic mass is 10.1. The fraction of sp³-hybridized carbons (Fsp3) is 0.364. The smallest absolute Gasteiger partial charge is 0.203 e. The van der Waals surface area contributed by atoms with E-state index in [-0.39, 0.29) is 6.10 Å². The summed E-state index contributed by atoms with van der Waals surface area (Å²) in [5.74, 6) is 0.930. The first-order valence-corrected chi connectivity index (χ1v) is 10.2. The van der Waals surface area contributed by atoms with Gasteiger partial charge in [0, 0.05) is 25.2 Å². The predicted octanol–water partition coefficient (Wildman–Crippen LogP) is 3.72. The fourth-order valence-corrected chi connectivity index (χ4v) is 4.12. The van der Waals surface area contributed by atoms with E-state index < -0.39 is 0 Å². The molecule has 0 amide bonds. The Labute approximate surface area is 170 Å². The van der Waals surface area contributed by atoms with Crippen molar-refractivity contribution < 1.29 is 5.11 Å². The summed E-state index contributed by atoms with van der Waals surface area (Å²) in [6.45, 7) is 4.33. The van der Waals surface area contributed by atoms with E-state index in [9.17, 15) is 5.11 Å². The van der Waals surface area contributed by atoms with Crippen LogP contribution < -0.4 is 0 Å². The minimum absolute atomic E-state index is 0.259. The Kier molecular flexibility index (Phi) is 5.71. The van der Waals surface area contributed by atoms with Crippen molar-refractivity contribution >= 4 is 12.2 Å². The van der Waals surface area contributed by atoms with Gasteiger partial charge in [0.15, 0.2) is 0 Å². The molecule has 4 rings (SSSR count). The highest BCUT2D eigenvalue weighted by Gasteiger charge is 2.20. The molecule has 6 heteroatoms. The number of nitrogens with zero attached hydrogens (tertiary/aromatic N) is 4. The number of likely N-dealkylation sites (tertiary alicyclic amines) is 1. The van der Waals surface area contributed by atoms with Gasteiger partial charge >= 0.3 is 0 Å². The van der Waals surface area contributed by atoms with Gasteiger partial charge in [0.2, 0.25) is 4.77 Å². The summed E-state index contributed by atoms with van der Waals surface area (Å²) in [4.78, 5) is 2.23. The molecule has 1 aliphatic rings. The molecule has 5 nitrogen and oxygen atoms in total. The number of aromatic nitrogens is 3. The van der Waals surface area contributed by atoms with E-state index in [4.69, 9.17) is 17.3 Å². The van der Waals surface area contributed by atoms with Crippen LogP contribution in [0.2, 0.25) is 0 Å². The number of benzene rings is 2. The van der Waals surface area contributed by atoms with Crippen molar-refractivity contribution in [2.24, 2.45) is 0 Å². The molecule has 1 saturated heterocycles. The largest absolute Gasteiger partial charge is 0.392 e. The average molecular weight is 395 g/mol. The Morgan fingerprint density at radius 1 is 1.14 bits per heavy atom. The van der Waals surface area contributed by atoms with Crippen LogP contribution in [0, 0.1) is 11.7 Å². The minimum Gasteiger partial charge on any atom is -0.392 e. The molecule has 1 N–H and O–H groups in total. The van der Waals surface area contributed by atoms with Crippen LogP contribution in [-0.2, 0) is 13.1 Å². The quantitative estimate of drug-likeness (QED) is 0.670. The molecule has 1 atom stereocenters. The van der Waals surface area contributed by atoms with Crippen LogP contribution in [-0.4, -0.2) is 43.5 Å². The zero-order valence-electron chi connectivity index (χ0n) is 16.2. The molecule has 3 aromatic rings. The van der Waals surface area contributed by atoms with Crippen LogP contribution in [0.1, 0.15) is 29.8 Å². The SMILES string of the molecule is Cc1cccc(-n2c(Cc3ccccc3)nn(CN3CCC[C@@H](O)C3)c2=S)c1. The van der Waals surface area contributed by atoms with E-state index in [0.29, 0.717) is 24.4 Å². The van der Waals surface area contributed by atoms with Crippen LogP contribution in [0.3, 0.4) is 0 Å².